The Kier molecular flexibility index (Phi) is 7.79. The molecule has 0 fully saturated rings. The minimum absolute atomic E-state index is 0.0201. The van der Waals surface area contributed by atoms with Crippen LogP contribution < -0.4 is 16.2 Å². The molecule has 124 valence electrons. The molecule has 0 atom stereocenters. The van der Waals surface area contributed by atoms with Gasteiger partial charge in [-0.05, 0) is 39.3 Å². The first-order valence-electron chi connectivity index (χ1n) is 6.71. The Balaban J connectivity index is 0.000000472. The van der Waals surface area contributed by atoms with Gasteiger partial charge in [-0.25, -0.2) is 4.79 Å². The molecule has 7 heteroatoms. The zero-order valence-electron chi connectivity index (χ0n) is 13.4. The number of aliphatic carboxylic acids is 1. The number of amides is 1. The molecule has 0 aliphatic heterocycles. The van der Waals surface area contributed by atoms with Gasteiger partial charge in [-0.2, -0.15) is 0 Å². The van der Waals surface area contributed by atoms with Crippen molar-refractivity contribution < 1.29 is 24.2 Å². The van der Waals surface area contributed by atoms with Crippen LogP contribution >= 0.6 is 0 Å². The molecule has 0 aliphatic carbocycles. The summed E-state index contributed by atoms with van der Waals surface area (Å²) in [4.78, 5) is 20.3. The fourth-order valence-electron chi connectivity index (χ4n) is 1.41. The monoisotopic (exact) mass is 312 g/mol. The predicted molar refractivity (Wildman–Crippen MR) is 83.8 cm³/mol. The number of para-hydroxylation sites is 1. The molecule has 0 aliphatic rings. The number of carbonyl (C=O) groups is 2. The van der Waals surface area contributed by atoms with Gasteiger partial charge in [0, 0.05) is 0 Å². The summed E-state index contributed by atoms with van der Waals surface area (Å²) >= 11 is 0. The fraction of sp³-hybridized carbons (Fsp3) is 0.467. The number of benzene rings is 1. The Bertz CT molecular complexity index is 489. The summed E-state index contributed by atoms with van der Waals surface area (Å²) in [5.41, 5.74) is 11.4. The minimum Gasteiger partial charge on any atom is -0.491 e. The Hall–Kier alpha value is -2.44. The molecular weight excluding hydrogens is 288 g/mol. The van der Waals surface area contributed by atoms with Crippen LogP contribution in [0.4, 0.5) is 10.5 Å². The lowest BCUT2D eigenvalue weighted by molar-refractivity contribution is -0.137. The molecular formula is C15H24N2O5. The van der Waals surface area contributed by atoms with E-state index in [1.807, 2.05) is 19.1 Å². The fourth-order valence-corrected chi connectivity index (χ4v) is 1.41. The van der Waals surface area contributed by atoms with E-state index in [2.05, 4.69) is 4.74 Å². The van der Waals surface area contributed by atoms with Crippen LogP contribution in [0.3, 0.4) is 0 Å². The standard InChI is InChI=1S/C10H13NO3.C5H11NO2/c1-7-3-2-4-8(11)10(7)14-6-5-9(12)13;1-5(2,3)8-4(6)7/h2-4H,5-6,11H2,1H3,(H,12,13);1-3H3,(H2,6,7). The lowest BCUT2D eigenvalue weighted by Gasteiger charge is -2.16. The summed E-state index contributed by atoms with van der Waals surface area (Å²) in [7, 11) is 0. The van der Waals surface area contributed by atoms with Crippen LogP contribution in [0.25, 0.3) is 0 Å². The minimum atomic E-state index is -0.878. The smallest absolute Gasteiger partial charge is 0.405 e. The average molecular weight is 312 g/mol. The average Bonchev–Trinajstić information content (AvgIpc) is 2.30. The number of carbonyl (C=O) groups excluding carboxylic acids is 1. The van der Waals surface area contributed by atoms with E-state index < -0.39 is 17.7 Å². The van der Waals surface area contributed by atoms with Gasteiger partial charge in [0.1, 0.15) is 11.4 Å². The predicted octanol–water partition coefficient (Wildman–Crippen LogP) is 2.31. The highest BCUT2D eigenvalue weighted by Gasteiger charge is 2.12. The maximum absolute atomic E-state index is 10.2. The molecule has 0 radical (unpaired) electrons. The molecule has 0 unspecified atom stereocenters. The second-order valence-corrected chi connectivity index (χ2v) is 5.52. The van der Waals surface area contributed by atoms with Gasteiger partial charge in [-0.15, -0.1) is 0 Å². The SMILES string of the molecule is CC(C)(C)OC(N)=O.Cc1cccc(N)c1OCCC(=O)O. The number of carboxylic acids is 1. The summed E-state index contributed by atoms with van der Waals surface area (Å²) in [6, 6.07) is 5.42. The number of primary amides is 1. The number of hydrogen-bond donors (Lipinski definition) is 3. The van der Waals surface area contributed by atoms with Gasteiger partial charge in [0.15, 0.2) is 0 Å². The Morgan fingerprint density at radius 2 is 1.86 bits per heavy atom. The van der Waals surface area contributed by atoms with Gasteiger partial charge in [0.25, 0.3) is 0 Å². The molecule has 22 heavy (non-hydrogen) atoms. The Morgan fingerprint density at radius 3 is 2.23 bits per heavy atom. The highest BCUT2D eigenvalue weighted by atomic mass is 16.6. The third-order valence-corrected chi connectivity index (χ3v) is 2.21. The van der Waals surface area contributed by atoms with E-state index in [9.17, 15) is 9.59 Å². The zero-order chi connectivity index (χ0) is 17.3. The number of anilines is 1. The van der Waals surface area contributed by atoms with Crippen LogP contribution in [-0.2, 0) is 9.53 Å². The zero-order valence-corrected chi connectivity index (χ0v) is 13.4. The van der Waals surface area contributed by atoms with E-state index in [-0.39, 0.29) is 13.0 Å². The van der Waals surface area contributed by atoms with Crippen LogP contribution in [0.1, 0.15) is 32.8 Å². The van der Waals surface area contributed by atoms with Crippen molar-refractivity contribution in [2.24, 2.45) is 5.73 Å². The summed E-state index contributed by atoms with van der Waals surface area (Å²) in [5.74, 6) is -0.300. The van der Waals surface area contributed by atoms with Crippen LogP contribution in [0.2, 0.25) is 0 Å². The first-order chi connectivity index (χ1) is 10.0. The van der Waals surface area contributed by atoms with Crippen LogP contribution in [0.5, 0.6) is 5.75 Å². The second-order valence-electron chi connectivity index (χ2n) is 5.52. The quantitative estimate of drug-likeness (QED) is 0.733. The third-order valence-electron chi connectivity index (χ3n) is 2.21. The van der Waals surface area contributed by atoms with Crippen molar-refractivity contribution in [1.29, 1.82) is 0 Å². The molecule has 7 nitrogen and oxygen atoms in total. The number of aryl methyl sites for hydroxylation is 1. The first-order valence-corrected chi connectivity index (χ1v) is 6.71. The van der Waals surface area contributed by atoms with Crippen molar-refractivity contribution in [3.63, 3.8) is 0 Å². The van der Waals surface area contributed by atoms with Crippen molar-refractivity contribution in [3.8, 4) is 5.75 Å². The van der Waals surface area contributed by atoms with E-state index in [1.165, 1.54) is 0 Å². The first kappa shape index (κ1) is 19.6. The maximum Gasteiger partial charge on any atom is 0.405 e. The molecule has 0 aromatic heterocycles. The number of nitrogens with two attached hydrogens (primary N) is 2. The van der Waals surface area contributed by atoms with Gasteiger partial charge in [0.05, 0.1) is 18.7 Å². The summed E-state index contributed by atoms with van der Waals surface area (Å²) in [6.07, 6.45) is -0.745. The number of ether oxygens (including phenoxy) is 2. The van der Waals surface area contributed by atoms with Crippen molar-refractivity contribution >= 4 is 17.7 Å². The number of hydrogen-bond acceptors (Lipinski definition) is 5. The lowest BCUT2D eigenvalue weighted by Crippen LogP contribution is -2.27. The summed E-state index contributed by atoms with van der Waals surface area (Å²) < 4.78 is 9.85. The topological polar surface area (TPSA) is 125 Å². The molecule has 1 aromatic carbocycles. The van der Waals surface area contributed by atoms with E-state index in [1.54, 1.807) is 26.8 Å². The molecule has 0 saturated heterocycles. The molecule has 1 rings (SSSR count). The van der Waals surface area contributed by atoms with E-state index in [0.29, 0.717) is 11.4 Å². The van der Waals surface area contributed by atoms with Crippen molar-refractivity contribution in [2.45, 2.75) is 39.7 Å². The molecule has 5 N–H and O–H groups in total. The van der Waals surface area contributed by atoms with Gasteiger partial charge in [-0.1, -0.05) is 12.1 Å². The maximum atomic E-state index is 10.2. The highest BCUT2D eigenvalue weighted by molar-refractivity contribution is 5.67. The van der Waals surface area contributed by atoms with Crippen molar-refractivity contribution in [2.75, 3.05) is 12.3 Å². The van der Waals surface area contributed by atoms with Gasteiger partial charge < -0.3 is 26.0 Å². The Morgan fingerprint density at radius 1 is 1.27 bits per heavy atom. The molecule has 1 amide bonds. The highest BCUT2D eigenvalue weighted by Crippen LogP contribution is 2.25. The number of rotatable bonds is 4. The van der Waals surface area contributed by atoms with Gasteiger partial charge >= 0.3 is 12.1 Å². The van der Waals surface area contributed by atoms with Crippen molar-refractivity contribution in [3.05, 3.63) is 23.8 Å². The largest absolute Gasteiger partial charge is 0.491 e. The third kappa shape index (κ3) is 9.46. The molecule has 0 heterocycles. The normalized spacial score (nSPS) is 10.2. The van der Waals surface area contributed by atoms with E-state index >= 15 is 0 Å². The summed E-state index contributed by atoms with van der Waals surface area (Å²) in [5, 5.41) is 8.42. The molecule has 0 saturated carbocycles. The second kappa shape index (κ2) is 8.76. The molecule has 0 spiro atoms. The Labute approximate surface area is 130 Å². The van der Waals surface area contributed by atoms with Gasteiger partial charge in [-0.3, -0.25) is 4.79 Å². The lowest BCUT2D eigenvalue weighted by atomic mass is 10.2. The molecule has 0 bridgehead atoms. The van der Waals surface area contributed by atoms with Crippen molar-refractivity contribution in [1.82, 2.24) is 0 Å². The number of nitrogen functional groups attached to an aromatic ring is 1. The van der Waals surface area contributed by atoms with Crippen LogP contribution in [0.15, 0.2) is 18.2 Å². The van der Waals surface area contributed by atoms with Gasteiger partial charge in [0.2, 0.25) is 0 Å². The molecule has 1 aromatic rings. The van der Waals surface area contributed by atoms with Crippen LogP contribution in [-0.4, -0.2) is 29.4 Å². The van der Waals surface area contributed by atoms with E-state index in [0.717, 1.165) is 5.56 Å². The summed E-state index contributed by atoms with van der Waals surface area (Å²) in [6.45, 7) is 7.30. The van der Waals surface area contributed by atoms with E-state index in [4.69, 9.17) is 21.3 Å². The number of carboxylic acid groups (broad SMARTS) is 1. The van der Waals surface area contributed by atoms with Crippen LogP contribution in [0, 0.1) is 6.92 Å².